The first-order valence-electron chi connectivity index (χ1n) is 24.6. The molecule has 13 aromatic carbocycles. The number of allylic oxidation sites excluding steroid dienone is 1. The Morgan fingerprint density at radius 1 is 0.243 bits per heavy atom. The Labute approximate surface area is 408 Å². The largest absolute Gasteiger partial charge is 0.0836 e. The summed E-state index contributed by atoms with van der Waals surface area (Å²) in [5, 5.41) is 15.0. The first-order valence-corrected chi connectivity index (χ1v) is 24.6. The maximum atomic E-state index is 2.42. The van der Waals surface area contributed by atoms with E-state index in [4.69, 9.17) is 0 Å². The summed E-state index contributed by atoms with van der Waals surface area (Å²) in [6, 6.07) is 90.8. The number of hydrogen-bond donors (Lipinski definition) is 0. The van der Waals surface area contributed by atoms with Crippen LogP contribution in [-0.2, 0) is 6.42 Å². The molecule has 0 saturated carbocycles. The Morgan fingerprint density at radius 2 is 0.629 bits per heavy atom. The van der Waals surface area contributed by atoms with Crippen LogP contribution in [0.1, 0.15) is 17.5 Å². The fraction of sp³-hybridized carbons (Fsp3) is 0.0286. The topological polar surface area (TPSA) is 0 Å². The first kappa shape index (κ1) is 40.2. The molecule has 13 aromatic rings. The second-order valence-electron chi connectivity index (χ2n) is 18.9. The van der Waals surface area contributed by atoms with Crippen LogP contribution in [0.5, 0.6) is 0 Å². The van der Waals surface area contributed by atoms with Crippen LogP contribution in [0, 0.1) is 0 Å². The lowest BCUT2D eigenvalue weighted by molar-refractivity contribution is 0.988. The molecule has 1 aliphatic rings. The van der Waals surface area contributed by atoms with Crippen molar-refractivity contribution in [2.45, 2.75) is 12.8 Å². The zero-order chi connectivity index (χ0) is 46.1. The standard InChI is InChI=1S/C70H46/c1-5-23-53-46(15-1)19-9-27-59(53)65-33-13-31-63-57(39-41-67(69(63)65)61-29-11-21-48-17-3-7-25-55(48)61)50-37-35-45-36-38-51(44-52(45)43-50)58-40-42-68(62-30-12-22-49-18-4-8-26-56(49)62)70-64(58)32-14-34-66(70)60-28-10-20-47-16-2-6-24-54(47)60/h1-5,7-23,25-44H,6,24H2. The molecule has 0 fully saturated rings. The van der Waals surface area contributed by atoms with Gasteiger partial charge in [-0.3, -0.25) is 0 Å². The van der Waals surface area contributed by atoms with E-state index >= 15 is 0 Å². The van der Waals surface area contributed by atoms with Gasteiger partial charge in [-0.25, -0.2) is 0 Å². The monoisotopic (exact) mass is 886 g/mol. The van der Waals surface area contributed by atoms with Crippen molar-refractivity contribution in [1.82, 2.24) is 0 Å². The van der Waals surface area contributed by atoms with Crippen LogP contribution < -0.4 is 0 Å². The van der Waals surface area contributed by atoms with Gasteiger partial charge in [0.1, 0.15) is 0 Å². The first-order chi connectivity index (χ1) is 34.7. The second-order valence-corrected chi connectivity index (χ2v) is 18.9. The Balaban J connectivity index is 0.973. The Morgan fingerprint density at radius 3 is 1.16 bits per heavy atom. The summed E-state index contributed by atoms with van der Waals surface area (Å²) in [4.78, 5) is 0. The van der Waals surface area contributed by atoms with Gasteiger partial charge in [0.25, 0.3) is 0 Å². The molecule has 0 bridgehead atoms. The van der Waals surface area contributed by atoms with Crippen LogP contribution in [0.3, 0.4) is 0 Å². The van der Waals surface area contributed by atoms with E-state index in [1.54, 1.807) is 0 Å². The molecular formula is C70H46. The van der Waals surface area contributed by atoms with E-state index < -0.39 is 0 Å². The molecule has 0 atom stereocenters. The van der Waals surface area contributed by atoms with Crippen molar-refractivity contribution in [3.05, 3.63) is 260 Å². The molecule has 0 heterocycles. The van der Waals surface area contributed by atoms with Crippen LogP contribution in [0.25, 0.3) is 137 Å². The van der Waals surface area contributed by atoms with Crippen LogP contribution in [0.4, 0.5) is 0 Å². The highest BCUT2D eigenvalue weighted by Crippen LogP contribution is 2.47. The SMILES string of the molecule is C1=Cc2cccc(-c3cccc4c(-c5ccc6ccc(-c7ccc(-c8cccc9ccccc89)c8c(-c9cccc%10ccccc9%10)cccc78)cc6c5)ccc(-c5cccc6ccccc56)c34)c2CC1. The lowest BCUT2D eigenvalue weighted by Gasteiger charge is -2.21. The highest BCUT2D eigenvalue weighted by molar-refractivity contribution is 6.18. The molecule has 0 unspecified atom stereocenters. The number of fused-ring (bicyclic) bond motifs is 7. The van der Waals surface area contributed by atoms with Gasteiger partial charge in [-0.05, 0) is 167 Å². The molecule has 14 rings (SSSR count). The predicted molar refractivity (Wildman–Crippen MR) is 301 cm³/mol. The molecular weight excluding hydrogens is 841 g/mol. The number of rotatable bonds is 6. The average Bonchev–Trinajstić information content (AvgIpc) is 3.43. The van der Waals surface area contributed by atoms with E-state index in [2.05, 4.69) is 255 Å². The van der Waals surface area contributed by atoms with Gasteiger partial charge >= 0.3 is 0 Å². The molecule has 0 heteroatoms. The zero-order valence-electron chi connectivity index (χ0n) is 38.7. The minimum absolute atomic E-state index is 1.04. The minimum Gasteiger partial charge on any atom is -0.0836 e. The maximum absolute atomic E-state index is 2.42. The van der Waals surface area contributed by atoms with Gasteiger partial charge < -0.3 is 0 Å². The summed E-state index contributed by atoms with van der Waals surface area (Å²) in [6.45, 7) is 0. The summed E-state index contributed by atoms with van der Waals surface area (Å²) in [6.07, 6.45) is 6.72. The van der Waals surface area contributed by atoms with Crippen molar-refractivity contribution in [3.63, 3.8) is 0 Å². The maximum Gasteiger partial charge on any atom is -0.00201 e. The van der Waals surface area contributed by atoms with Gasteiger partial charge in [-0.15, -0.1) is 0 Å². The third-order valence-corrected chi connectivity index (χ3v) is 15.1. The van der Waals surface area contributed by atoms with Crippen molar-refractivity contribution in [1.29, 1.82) is 0 Å². The molecule has 0 N–H and O–H groups in total. The van der Waals surface area contributed by atoms with Crippen molar-refractivity contribution in [2.24, 2.45) is 0 Å². The van der Waals surface area contributed by atoms with Crippen molar-refractivity contribution in [2.75, 3.05) is 0 Å². The Kier molecular flexibility index (Phi) is 9.45. The highest BCUT2D eigenvalue weighted by Gasteiger charge is 2.21. The molecule has 70 heavy (non-hydrogen) atoms. The summed E-state index contributed by atoms with van der Waals surface area (Å²) in [7, 11) is 0. The minimum atomic E-state index is 1.04. The van der Waals surface area contributed by atoms with Crippen molar-refractivity contribution in [3.8, 4) is 66.8 Å². The Bertz CT molecular complexity index is 4200. The third kappa shape index (κ3) is 6.52. The summed E-state index contributed by atoms with van der Waals surface area (Å²) < 4.78 is 0. The average molecular weight is 887 g/mol. The van der Waals surface area contributed by atoms with Crippen LogP contribution >= 0.6 is 0 Å². The quantitative estimate of drug-likeness (QED) is 0.156. The fourth-order valence-corrected chi connectivity index (χ4v) is 11.9. The van der Waals surface area contributed by atoms with E-state index in [1.165, 1.54) is 143 Å². The zero-order valence-corrected chi connectivity index (χ0v) is 38.7. The van der Waals surface area contributed by atoms with Gasteiger partial charge in [0.2, 0.25) is 0 Å². The molecule has 326 valence electrons. The van der Waals surface area contributed by atoms with Gasteiger partial charge in [0.15, 0.2) is 0 Å². The summed E-state index contributed by atoms with van der Waals surface area (Å²) in [5.74, 6) is 0. The molecule has 0 aliphatic heterocycles. The smallest absolute Gasteiger partial charge is 0.00201 e. The molecule has 0 radical (unpaired) electrons. The number of benzene rings is 13. The van der Waals surface area contributed by atoms with E-state index in [0.29, 0.717) is 0 Å². The van der Waals surface area contributed by atoms with E-state index in [0.717, 1.165) is 12.8 Å². The van der Waals surface area contributed by atoms with Gasteiger partial charge in [-0.1, -0.05) is 243 Å². The lowest BCUT2D eigenvalue weighted by Crippen LogP contribution is -1.98. The van der Waals surface area contributed by atoms with E-state index in [9.17, 15) is 0 Å². The van der Waals surface area contributed by atoms with Crippen LogP contribution in [0.15, 0.2) is 249 Å². The fourth-order valence-electron chi connectivity index (χ4n) is 11.9. The van der Waals surface area contributed by atoms with E-state index in [1.807, 2.05) is 0 Å². The molecule has 0 nitrogen and oxygen atoms in total. The third-order valence-electron chi connectivity index (χ3n) is 15.1. The van der Waals surface area contributed by atoms with Crippen LogP contribution in [-0.4, -0.2) is 0 Å². The lowest BCUT2D eigenvalue weighted by atomic mass is 9.83. The molecule has 0 amide bonds. The molecule has 0 aromatic heterocycles. The van der Waals surface area contributed by atoms with Gasteiger partial charge in [0, 0.05) is 0 Å². The van der Waals surface area contributed by atoms with Gasteiger partial charge in [-0.2, -0.15) is 0 Å². The Hall–Kier alpha value is -8.84. The van der Waals surface area contributed by atoms with Gasteiger partial charge in [0.05, 0.1) is 0 Å². The predicted octanol–water partition coefficient (Wildman–Crippen LogP) is 19.6. The molecule has 0 saturated heterocycles. The van der Waals surface area contributed by atoms with Crippen molar-refractivity contribution >= 4 is 70.7 Å². The number of hydrogen-bond acceptors (Lipinski definition) is 0. The summed E-state index contributed by atoms with van der Waals surface area (Å²) in [5.41, 5.74) is 17.8. The van der Waals surface area contributed by atoms with Crippen LogP contribution in [0.2, 0.25) is 0 Å². The summed E-state index contributed by atoms with van der Waals surface area (Å²) >= 11 is 0. The molecule has 1 aliphatic carbocycles. The van der Waals surface area contributed by atoms with Crippen molar-refractivity contribution < 1.29 is 0 Å². The normalized spacial score (nSPS) is 12.4. The van der Waals surface area contributed by atoms with E-state index in [-0.39, 0.29) is 0 Å². The second kappa shape index (κ2) is 16.4. The molecule has 0 spiro atoms. The highest BCUT2D eigenvalue weighted by atomic mass is 14.2.